The van der Waals surface area contributed by atoms with Crippen molar-refractivity contribution < 1.29 is 4.79 Å². The van der Waals surface area contributed by atoms with Crippen LogP contribution in [-0.4, -0.2) is 52.3 Å². The Labute approximate surface area is 204 Å². The number of rotatable bonds is 11. The van der Waals surface area contributed by atoms with Crippen molar-refractivity contribution in [2.75, 3.05) is 18.4 Å². The number of nitrogens with zero attached hydrogens (tertiary/aromatic N) is 7. The average molecular weight is 481 g/mol. The molecule has 0 saturated carbocycles. The second-order valence-corrected chi connectivity index (χ2v) is 9.65. The maximum Gasteiger partial charge on any atom is 0.180 e. The third-order valence-corrected chi connectivity index (χ3v) is 6.57. The van der Waals surface area contributed by atoms with Crippen molar-refractivity contribution in [3.05, 3.63) is 42.2 Å². The number of carbonyl (C=O) groups excluding carboxylic acids is 1. The number of carbonyl (C=O) groups is 1. The minimum absolute atomic E-state index is 0.0604. The summed E-state index contributed by atoms with van der Waals surface area (Å²) in [6, 6.07) is 2.10. The number of ketones is 1. The van der Waals surface area contributed by atoms with E-state index in [4.69, 9.17) is 4.98 Å². The third-order valence-electron chi connectivity index (χ3n) is 5.83. The average Bonchev–Trinajstić information content (AvgIpc) is 3.52. The van der Waals surface area contributed by atoms with Crippen LogP contribution < -0.4 is 5.32 Å². The highest BCUT2D eigenvalue weighted by Gasteiger charge is 2.15. The predicted octanol–water partition coefficient (Wildman–Crippen LogP) is 4.56. The molecule has 1 unspecified atom stereocenters. The molecule has 0 bridgehead atoms. The second kappa shape index (κ2) is 10.4. The summed E-state index contributed by atoms with van der Waals surface area (Å²) in [5.41, 5.74) is 4.43. The van der Waals surface area contributed by atoms with Crippen LogP contribution in [0.2, 0.25) is 0 Å². The van der Waals surface area contributed by atoms with Gasteiger partial charge in [0.25, 0.3) is 0 Å². The Morgan fingerprint density at radius 3 is 2.82 bits per heavy atom. The van der Waals surface area contributed by atoms with E-state index in [0.29, 0.717) is 11.7 Å². The standard InChI is InChI=1S/C24H32N8OS/c1-6-16(3)11-30(7-2)15-20-8-22(34-29-20)28-23-24-25-10-21(32(24)12-17(4)27-23)19-9-26-31(14-19)13-18(5)33/h8-10,12,14,16H,6-7,11,13,15H2,1-5H3,(H,27,28). The van der Waals surface area contributed by atoms with Gasteiger partial charge in [0.1, 0.15) is 5.00 Å². The molecular formula is C24H32N8OS. The van der Waals surface area contributed by atoms with Gasteiger partial charge in [-0.15, -0.1) is 0 Å². The van der Waals surface area contributed by atoms with E-state index in [1.807, 2.05) is 29.9 Å². The summed E-state index contributed by atoms with van der Waals surface area (Å²) in [4.78, 5) is 23.2. The molecule has 0 aromatic carbocycles. The van der Waals surface area contributed by atoms with E-state index < -0.39 is 0 Å². The van der Waals surface area contributed by atoms with Gasteiger partial charge in [0.05, 0.1) is 36.0 Å². The topological polar surface area (TPSA) is 93.2 Å². The van der Waals surface area contributed by atoms with Gasteiger partial charge in [-0.05, 0) is 43.9 Å². The van der Waals surface area contributed by atoms with Crippen molar-refractivity contribution in [2.45, 2.75) is 54.1 Å². The highest BCUT2D eigenvalue weighted by molar-refractivity contribution is 7.10. The Balaban J connectivity index is 1.55. The molecule has 0 aliphatic rings. The minimum atomic E-state index is 0.0604. The molecule has 0 spiro atoms. The van der Waals surface area contributed by atoms with Crippen molar-refractivity contribution in [3.63, 3.8) is 0 Å². The molecule has 4 aromatic rings. The van der Waals surface area contributed by atoms with Gasteiger partial charge in [0.15, 0.2) is 17.2 Å². The van der Waals surface area contributed by atoms with E-state index in [2.05, 4.69) is 51.5 Å². The highest BCUT2D eigenvalue weighted by Crippen LogP contribution is 2.28. The van der Waals surface area contributed by atoms with E-state index in [-0.39, 0.29) is 12.3 Å². The molecular weight excluding hydrogens is 448 g/mol. The van der Waals surface area contributed by atoms with E-state index in [0.717, 1.165) is 52.9 Å². The molecule has 0 fully saturated rings. The molecule has 34 heavy (non-hydrogen) atoms. The largest absolute Gasteiger partial charge is 0.328 e. The molecule has 1 N–H and O–H groups in total. The first kappa shape index (κ1) is 24.0. The summed E-state index contributed by atoms with van der Waals surface area (Å²) >= 11 is 1.44. The van der Waals surface area contributed by atoms with E-state index in [1.54, 1.807) is 17.8 Å². The van der Waals surface area contributed by atoms with Crippen LogP contribution in [-0.2, 0) is 17.9 Å². The van der Waals surface area contributed by atoms with Crippen LogP contribution in [0.5, 0.6) is 0 Å². The van der Waals surface area contributed by atoms with E-state index in [9.17, 15) is 4.79 Å². The van der Waals surface area contributed by atoms with Crippen LogP contribution in [0, 0.1) is 12.8 Å². The summed E-state index contributed by atoms with van der Waals surface area (Å²) in [5, 5.41) is 8.66. The van der Waals surface area contributed by atoms with Gasteiger partial charge in [-0.2, -0.15) is 9.47 Å². The summed E-state index contributed by atoms with van der Waals surface area (Å²) in [6.07, 6.45) is 8.56. The lowest BCUT2D eigenvalue weighted by molar-refractivity contribution is -0.117. The lowest BCUT2D eigenvalue weighted by atomic mass is 10.1. The molecule has 0 amide bonds. The fourth-order valence-electron chi connectivity index (χ4n) is 3.88. The van der Waals surface area contributed by atoms with Gasteiger partial charge in [0.2, 0.25) is 0 Å². The summed E-state index contributed by atoms with van der Waals surface area (Å²) in [7, 11) is 0. The molecule has 1 atom stereocenters. The molecule has 0 radical (unpaired) electrons. The van der Waals surface area contributed by atoms with Crippen LogP contribution in [0.1, 0.15) is 45.5 Å². The molecule has 0 aliphatic heterocycles. The van der Waals surface area contributed by atoms with Crippen molar-refractivity contribution in [3.8, 4) is 11.3 Å². The molecule has 0 saturated heterocycles. The third kappa shape index (κ3) is 5.51. The molecule has 4 aromatic heterocycles. The minimum Gasteiger partial charge on any atom is -0.328 e. The van der Waals surface area contributed by atoms with Crippen molar-refractivity contribution in [1.82, 2.24) is 33.4 Å². The van der Waals surface area contributed by atoms with Crippen LogP contribution in [0.25, 0.3) is 16.9 Å². The quantitative estimate of drug-likeness (QED) is 0.336. The van der Waals surface area contributed by atoms with Crippen molar-refractivity contribution in [1.29, 1.82) is 0 Å². The number of fused-ring (bicyclic) bond motifs is 1. The monoisotopic (exact) mass is 480 g/mol. The second-order valence-electron chi connectivity index (χ2n) is 8.85. The fraction of sp³-hybridized carbons (Fsp3) is 0.458. The predicted molar refractivity (Wildman–Crippen MR) is 135 cm³/mol. The summed E-state index contributed by atoms with van der Waals surface area (Å²) < 4.78 is 8.31. The van der Waals surface area contributed by atoms with Crippen LogP contribution in [0.15, 0.2) is 30.9 Å². The summed E-state index contributed by atoms with van der Waals surface area (Å²) in [6.45, 7) is 13.4. The maximum absolute atomic E-state index is 11.4. The normalized spacial score (nSPS) is 12.5. The first-order chi connectivity index (χ1) is 16.4. The number of imidazole rings is 1. The van der Waals surface area contributed by atoms with Crippen LogP contribution >= 0.6 is 11.5 Å². The first-order valence-corrected chi connectivity index (χ1v) is 12.5. The summed E-state index contributed by atoms with van der Waals surface area (Å²) in [5.74, 6) is 1.42. The zero-order valence-electron chi connectivity index (χ0n) is 20.4. The van der Waals surface area contributed by atoms with E-state index in [1.165, 1.54) is 18.0 Å². The Hall–Kier alpha value is -3.11. The van der Waals surface area contributed by atoms with Crippen LogP contribution in [0.4, 0.5) is 10.8 Å². The number of hydrogen-bond donors (Lipinski definition) is 1. The number of aromatic nitrogens is 6. The van der Waals surface area contributed by atoms with Gasteiger partial charge in [-0.3, -0.25) is 18.8 Å². The van der Waals surface area contributed by atoms with Gasteiger partial charge in [0, 0.05) is 31.0 Å². The van der Waals surface area contributed by atoms with Gasteiger partial charge in [-0.1, -0.05) is 27.2 Å². The van der Waals surface area contributed by atoms with E-state index >= 15 is 0 Å². The van der Waals surface area contributed by atoms with Crippen molar-refractivity contribution >= 4 is 33.8 Å². The van der Waals surface area contributed by atoms with Gasteiger partial charge >= 0.3 is 0 Å². The van der Waals surface area contributed by atoms with Crippen molar-refractivity contribution in [2.24, 2.45) is 5.92 Å². The Kier molecular flexibility index (Phi) is 7.38. The lowest BCUT2D eigenvalue weighted by Gasteiger charge is -2.22. The number of Topliss-reactive ketones (excluding diaryl/α,β-unsaturated/α-hetero) is 1. The number of hydrogen-bond acceptors (Lipinski definition) is 8. The van der Waals surface area contributed by atoms with Crippen LogP contribution in [0.3, 0.4) is 0 Å². The first-order valence-electron chi connectivity index (χ1n) is 11.7. The molecule has 10 heteroatoms. The molecule has 9 nitrogen and oxygen atoms in total. The molecule has 180 valence electrons. The Morgan fingerprint density at radius 2 is 2.09 bits per heavy atom. The zero-order chi connectivity index (χ0) is 24.2. The van der Waals surface area contributed by atoms with Gasteiger partial charge in [-0.25, -0.2) is 9.97 Å². The zero-order valence-corrected chi connectivity index (χ0v) is 21.3. The van der Waals surface area contributed by atoms with Gasteiger partial charge < -0.3 is 5.32 Å². The fourth-order valence-corrected chi connectivity index (χ4v) is 4.54. The SMILES string of the molecule is CCC(C)CN(CC)Cc1cc(Nc2nc(C)cn3c(-c4cnn(CC(C)=O)c4)cnc23)sn1. The maximum atomic E-state index is 11.4. The highest BCUT2D eigenvalue weighted by atomic mass is 32.1. The lowest BCUT2D eigenvalue weighted by Crippen LogP contribution is -2.27. The molecule has 0 aliphatic carbocycles. The molecule has 4 heterocycles. The smallest absolute Gasteiger partial charge is 0.180 e. The Bertz CT molecular complexity index is 1270. The number of nitrogens with one attached hydrogen (secondary N) is 1. The Morgan fingerprint density at radius 1 is 1.26 bits per heavy atom. The molecule has 4 rings (SSSR count). The number of aryl methyl sites for hydroxylation is 1. The number of anilines is 2.